The third-order valence-electron chi connectivity index (χ3n) is 2.35. The van der Waals surface area contributed by atoms with Gasteiger partial charge in [-0.3, -0.25) is 4.79 Å². The van der Waals surface area contributed by atoms with Crippen LogP contribution in [-0.2, 0) is 4.79 Å². The fourth-order valence-corrected chi connectivity index (χ4v) is 2.96. The molecule has 4 nitrogen and oxygen atoms in total. The lowest BCUT2D eigenvalue weighted by molar-refractivity contribution is -0.114. The van der Waals surface area contributed by atoms with Crippen LogP contribution in [0.4, 0.5) is 5.69 Å². The minimum atomic E-state index is -1.05. The van der Waals surface area contributed by atoms with Crippen LogP contribution in [0.25, 0.3) is 10.4 Å². The molecule has 1 aromatic heterocycles. The molecule has 0 aliphatic rings. The number of benzene rings is 1. The molecule has 2 N–H and O–H groups in total. The summed E-state index contributed by atoms with van der Waals surface area (Å²) in [6, 6.07) is 9.23. The number of rotatable bonds is 3. The third-order valence-corrected chi connectivity index (χ3v) is 4.01. The molecule has 1 heterocycles. The van der Waals surface area contributed by atoms with Crippen LogP contribution in [0.3, 0.4) is 0 Å². The Morgan fingerprint density at radius 2 is 2.05 bits per heavy atom. The lowest BCUT2D eigenvalue weighted by Gasteiger charge is -1.99. The highest BCUT2D eigenvalue weighted by Crippen LogP contribution is 2.35. The molecule has 0 aliphatic carbocycles. The van der Waals surface area contributed by atoms with Crippen LogP contribution in [0.5, 0.6) is 0 Å². The van der Waals surface area contributed by atoms with E-state index in [-0.39, 0.29) is 10.8 Å². The summed E-state index contributed by atoms with van der Waals surface area (Å²) < 4.78 is 0.913. The maximum Gasteiger partial charge on any atom is 0.348 e. The zero-order valence-corrected chi connectivity index (χ0v) is 12.3. The minimum absolute atomic E-state index is 0.130. The fraction of sp³-hybridized carbons (Fsp3) is 0.0769. The smallest absolute Gasteiger partial charge is 0.348 e. The number of nitrogens with one attached hydrogen (secondary N) is 1. The molecular weight excluding hydrogens is 330 g/mol. The number of anilines is 1. The van der Waals surface area contributed by atoms with Crippen molar-refractivity contribution in [3.8, 4) is 10.4 Å². The van der Waals surface area contributed by atoms with E-state index in [1.165, 1.54) is 6.92 Å². The molecule has 0 saturated heterocycles. The van der Waals surface area contributed by atoms with E-state index in [4.69, 9.17) is 5.11 Å². The zero-order chi connectivity index (χ0) is 14.0. The number of carbonyl (C=O) groups is 2. The topological polar surface area (TPSA) is 66.4 Å². The van der Waals surface area contributed by atoms with Crippen LogP contribution < -0.4 is 5.32 Å². The number of hydrogen-bond acceptors (Lipinski definition) is 3. The summed E-state index contributed by atoms with van der Waals surface area (Å²) in [6.45, 7) is 1.35. The number of halogens is 1. The van der Waals surface area contributed by atoms with Gasteiger partial charge in [0, 0.05) is 16.3 Å². The van der Waals surface area contributed by atoms with Crippen molar-refractivity contribution in [1.29, 1.82) is 0 Å². The molecule has 2 aromatic rings. The van der Waals surface area contributed by atoms with Crippen LogP contribution in [-0.4, -0.2) is 17.0 Å². The number of carbonyl (C=O) groups excluding carboxylic acids is 1. The normalized spacial score (nSPS) is 10.2. The quantitative estimate of drug-likeness (QED) is 0.892. The van der Waals surface area contributed by atoms with Crippen LogP contribution in [0.1, 0.15) is 16.6 Å². The van der Waals surface area contributed by atoms with E-state index in [0.717, 1.165) is 26.3 Å². The van der Waals surface area contributed by atoms with E-state index >= 15 is 0 Å². The number of aromatic carboxylic acids is 1. The maximum atomic E-state index is 11.2. The summed E-state index contributed by atoms with van der Waals surface area (Å²) in [4.78, 5) is 23.2. The van der Waals surface area contributed by atoms with Gasteiger partial charge in [-0.05, 0) is 23.8 Å². The molecule has 1 amide bonds. The highest BCUT2D eigenvalue weighted by atomic mass is 79.9. The van der Waals surface area contributed by atoms with Crippen LogP contribution in [0, 0.1) is 0 Å². The van der Waals surface area contributed by atoms with Gasteiger partial charge in [0.25, 0.3) is 0 Å². The van der Waals surface area contributed by atoms with Gasteiger partial charge in [0.1, 0.15) is 4.88 Å². The van der Waals surface area contributed by atoms with Gasteiger partial charge in [-0.1, -0.05) is 28.1 Å². The molecule has 0 fully saturated rings. The molecule has 0 atom stereocenters. The van der Waals surface area contributed by atoms with Crippen LogP contribution >= 0.6 is 27.3 Å². The first-order valence-corrected chi connectivity index (χ1v) is 6.99. The molecule has 0 radical (unpaired) electrons. The van der Waals surface area contributed by atoms with Crippen molar-refractivity contribution in [3.05, 3.63) is 39.7 Å². The monoisotopic (exact) mass is 339 g/mol. The Balaban J connectivity index is 2.48. The molecule has 0 aliphatic heterocycles. The second-order valence-electron chi connectivity index (χ2n) is 3.85. The maximum absolute atomic E-state index is 11.2. The first-order valence-electron chi connectivity index (χ1n) is 5.38. The summed E-state index contributed by atoms with van der Waals surface area (Å²) in [5.74, 6) is -1.34. The summed E-state index contributed by atoms with van der Waals surface area (Å²) in [5, 5.41) is 11.7. The zero-order valence-electron chi connectivity index (χ0n) is 9.94. The third kappa shape index (κ3) is 3.21. The van der Waals surface area contributed by atoms with E-state index in [2.05, 4.69) is 21.2 Å². The van der Waals surface area contributed by atoms with E-state index in [9.17, 15) is 9.59 Å². The van der Waals surface area contributed by atoms with E-state index in [1.807, 2.05) is 24.3 Å². The molecule has 0 saturated carbocycles. The molecule has 0 bridgehead atoms. The standard InChI is InChI=1S/C13H10BrNO3S/c1-7(16)15-10-6-11(19-12(10)13(17)18)8-3-2-4-9(14)5-8/h2-6H,1H3,(H,15,16)(H,17,18). The summed E-state index contributed by atoms with van der Waals surface area (Å²) >= 11 is 4.51. The second-order valence-corrected chi connectivity index (χ2v) is 5.82. The Bertz CT molecular complexity index is 651. The molecule has 6 heteroatoms. The Kier molecular flexibility index (Phi) is 4.01. The average Bonchev–Trinajstić information content (AvgIpc) is 2.72. The largest absolute Gasteiger partial charge is 0.477 e. The molecule has 0 unspecified atom stereocenters. The molecule has 1 aromatic carbocycles. The lowest BCUT2D eigenvalue weighted by atomic mass is 10.2. The number of amides is 1. The number of hydrogen-bond donors (Lipinski definition) is 2. The number of thiophene rings is 1. The van der Waals surface area contributed by atoms with Crippen molar-refractivity contribution in [2.45, 2.75) is 6.92 Å². The van der Waals surface area contributed by atoms with E-state index < -0.39 is 5.97 Å². The van der Waals surface area contributed by atoms with Gasteiger partial charge in [0.15, 0.2) is 0 Å². The summed E-state index contributed by atoms with van der Waals surface area (Å²) in [7, 11) is 0. The van der Waals surface area contributed by atoms with Crippen molar-refractivity contribution in [3.63, 3.8) is 0 Å². The van der Waals surface area contributed by atoms with Gasteiger partial charge in [0.05, 0.1) is 5.69 Å². The van der Waals surface area contributed by atoms with Crippen molar-refractivity contribution in [2.24, 2.45) is 0 Å². The van der Waals surface area contributed by atoms with Gasteiger partial charge >= 0.3 is 5.97 Å². The predicted octanol–water partition coefficient (Wildman–Crippen LogP) is 3.83. The summed E-state index contributed by atoms with van der Waals surface area (Å²) in [6.07, 6.45) is 0. The molecule has 98 valence electrons. The first-order chi connectivity index (χ1) is 8.97. The Labute approximate surface area is 122 Å². The molecule has 0 spiro atoms. The van der Waals surface area contributed by atoms with Gasteiger partial charge in [-0.25, -0.2) is 4.79 Å². The Hall–Kier alpha value is -1.66. The molecular formula is C13H10BrNO3S. The SMILES string of the molecule is CC(=O)Nc1cc(-c2cccc(Br)c2)sc1C(=O)O. The van der Waals surface area contributed by atoms with Gasteiger partial charge in [-0.15, -0.1) is 11.3 Å². The van der Waals surface area contributed by atoms with Crippen molar-refractivity contribution < 1.29 is 14.7 Å². The highest BCUT2D eigenvalue weighted by Gasteiger charge is 2.17. The molecule has 2 rings (SSSR count). The Morgan fingerprint density at radius 1 is 1.32 bits per heavy atom. The van der Waals surface area contributed by atoms with Gasteiger partial charge in [-0.2, -0.15) is 0 Å². The predicted molar refractivity (Wildman–Crippen MR) is 78.7 cm³/mol. The van der Waals surface area contributed by atoms with Crippen molar-refractivity contribution in [2.75, 3.05) is 5.32 Å². The first kappa shape index (κ1) is 13.8. The average molecular weight is 340 g/mol. The minimum Gasteiger partial charge on any atom is -0.477 e. The van der Waals surface area contributed by atoms with Crippen molar-refractivity contribution >= 4 is 44.8 Å². The Morgan fingerprint density at radius 3 is 2.63 bits per heavy atom. The highest BCUT2D eigenvalue weighted by molar-refractivity contribution is 9.10. The van der Waals surface area contributed by atoms with Gasteiger partial charge in [0.2, 0.25) is 5.91 Å². The lowest BCUT2D eigenvalue weighted by Crippen LogP contribution is -2.08. The summed E-state index contributed by atoms with van der Waals surface area (Å²) in [5.41, 5.74) is 1.23. The van der Waals surface area contributed by atoms with Crippen molar-refractivity contribution in [1.82, 2.24) is 0 Å². The number of carboxylic acid groups (broad SMARTS) is 1. The second kappa shape index (κ2) is 5.54. The number of carboxylic acids is 1. The van der Waals surface area contributed by atoms with E-state index in [0.29, 0.717) is 5.69 Å². The van der Waals surface area contributed by atoms with Gasteiger partial charge < -0.3 is 10.4 Å². The molecule has 19 heavy (non-hydrogen) atoms. The van der Waals surface area contributed by atoms with Crippen LogP contribution in [0.15, 0.2) is 34.8 Å². The van der Waals surface area contributed by atoms with Crippen LogP contribution in [0.2, 0.25) is 0 Å². The van der Waals surface area contributed by atoms with E-state index in [1.54, 1.807) is 6.07 Å². The fourth-order valence-electron chi connectivity index (χ4n) is 1.62.